The summed E-state index contributed by atoms with van der Waals surface area (Å²) in [6.07, 6.45) is 1.06. The van der Waals surface area contributed by atoms with E-state index in [4.69, 9.17) is 4.42 Å². The van der Waals surface area contributed by atoms with E-state index in [0.29, 0.717) is 24.6 Å². The predicted octanol–water partition coefficient (Wildman–Crippen LogP) is 4.58. The number of hydrogen-bond donors (Lipinski definition) is 1. The summed E-state index contributed by atoms with van der Waals surface area (Å²) in [5, 5.41) is 11.4. The van der Waals surface area contributed by atoms with Gasteiger partial charge in [-0.15, -0.1) is 10.2 Å². The maximum absolute atomic E-state index is 12.6. The van der Waals surface area contributed by atoms with Gasteiger partial charge >= 0.3 is 0 Å². The first-order chi connectivity index (χ1) is 14.3. The van der Waals surface area contributed by atoms with Crippen LogP contribution in [0.4, 0.5) is 0 Å². The Kier molecular flexibility index (Phi) is 5.76. The zero-order valence-corrected chi connectivity index (χ0v) is 15.9. The maximum atomic E-state index is 12.6. The number of amides is 1. The molecule has 0 spiro atoms. The van der Waals surface area contributed by atoms with Crippen molar-refractivity contribution in [2.75, 3.05) is 0 Å². The van der Waals surface area contributed by atoms with E-state index in [2.05, 4.69) is 15.5 Å². The van der Waals surface area contributed by atoms with Crippen molar-refractivity contribution >= 4 is 5.91 Å². The van der Waals surface area contributed by atoms with Gasteiger partial charge in [0.25, 0.3) is 0 Å². The van der Waals surface area contributed by atoms with Crippen LogP contribution in [0.1, 0.15) is 29.5 Å². The predicted molar refractivity (Wildman–Crippen MR) is 111 cm³/mol. The fourth-order valence-corrected chi connectivity index (χ4v) is 3.12. The number of nitrogens with zero attached hydrogens (tertiary/aromatic N) is 2. The van der Waals surface area contributed by atoms with Crippen LogP contribution in [0.25, 0.3) is 11.5 Å². The molecule has 4 rings (SSSR count). The third-order valence-electron chi connectivity index (χ3n) is 4.63. The van der Waals surface area contributed by atoms with Crippen LogP contribution in [0.3, 0.4) is 0 Å². The van der Waals surface area contributed by atoms with Crippen LogP contribution >= 0.6 is 0 Å². The summed E-state index contributed by atoms with van der Waals surface area (Å²) in [5.41, 5.74) is 2.86. The molecule has 1 atom stereocenters. The highest BCUT2D eigenvalue weighted by atomic mass is 16.4. The Balaban J connectivity index is 1.53. The molecule has 0 aliphatic heterocycles. The van der Waals surface area contributed by atoms with Crippen molar-refractivity contribution in [2.45, 2.75) is 18.9 Å². The Morgan fingerprint density at radius 3 is 2.14 bits per heavy atom. The SMILES string of the molecule is O=C(CCc1ccccc1)N[C@@H](c1ccccc1)c1nnc(-c2ccccc2)o1. The monoisotopic (exact) mass is 383 g/mol. The second-order valence-corrected chi connectivity index (χ2v) is 6.71. The Morgan fingerprint density at radius 2 is 1.45 bits per heavy atom. The highest BCUT2D eigenvalue weighted by molar-refractivity contribution is 5.77. The van der Waals surface area contributed by atoms with Gasteiger partial charge in [0.05, 0.1) is 0 Å². The molecule has 144 valence electrons. The fourth-order valence-electron chi connectivity index (χ4n) is 3.12. The van der Waals surface area contributed by atoms with Gasteiger partial charge in [-0.05, 0) is 29.7 Å². The van der Waals surface area contributed by atoms with Gasteiger partial charge in [0.2, 0.25) is 17.7 Å². The lowest BCUT2D eigenvalue weighted by atomic mass is 10.1. The minimum absolute atomic E-state index is 0.0674. The van der Waals surface area contributed by atoms with E-state index in [1.54, 1.807) is 0 Å². The van der Waals surface area contributed by atoms with E-state index in [1.165, 1.54) is 0 Å². The maximum Gasteiger partial charge on any atom is 0.247 e. The Bertz CT molecular complexity index is 1050. The molecule has 29 heavy (non-hydrogen) atoms. The van der Waals surface area contributed by atoms with Crippen LogP contribution in [0.2, 0.25) is 0 Å². The minimum Gasteiger partial charge on any atom is -0.418 e. The van der Waals surface area contributed by atoms with E-state index in [-0.39, 0.29) is 5.91 Å². The molecule has 0 aliphatic carbocycles. The Hall–Kier alpha value is -3.73. The average molecular weight is 383 g/mol. The van der Waals surface area contributed by atoms with Crippen molar-refractivity contribution in [3.63, 3.8) is 0 Å². The Morgan fingerprint density at radius 1 is 0.828 bits per heavy atom. The summed E-state index contributed by atoms with van der Waals surface area (Å²) in [5.74, 6) is 0.727. The first kappa shape index (κ1) is 18.6. The largest absolute Gasteiger partial charge is 0.418 e. The van der Waals surface area contributed by atoms with Crippen molar-refractivity contribution in [1.29, 1.82) is 0 Å². The van der Waals surface area contributed by atoms with Gasteiger partial charge in [-0.25, -0.2) is 0 Å². The number of hydrogen-bond acceptors (Lipinski definition) is 4. The third kappa shape index (κ3) is 4.76. The van der Waals surface area contributed by atoms with Crippen LogP contribution < -0.4 is 5.32 Å². The fraction of sp³-hybridized carbons (Fsp3) is 0.125. The lowest BCUT2D eigenvalue weighted by Gasteiger charge is -2.15. The van der Waals surface area contributed by atoms with Crippen LogP contribution in [-0.2, 0) is 11.2 Å². The lowest BCUT2D eigenvalue weighted by molar-refractivity contribution is -0.121. The molecule has 1 aromatic heterocycles. The first-order valence-corrected chi connectivity index (χ1v) is 9.56. The molecule has 0 saturated carbocycles. The molecule has 4 aromatic rings. The third-order valence-corrected chi connectivity index (χ3v) is 4.63. The van der Waals surface area contributed by atoms with Crippen molar-refractivity contribution in [2.24, 2.45) is 0 Å². The van der Waals surface area contributed by atoms with Crippen molar-refractivity contribution in [3.05, 3.63) is 108 Å². The minimum atomic E-state index is -0.496. The molecule has 5 nitrogen and oxygen atoms in total. The number of nitrogens with one attached hydrogen (secondary N) is 1. The topological polar surface area (TPSA) is 68.0 Å². The quantitative estimate of drug-likeness (QED) is 0.507. The molecular formula is C24H21N3O2. The summed E-state index contributed by atoms with van der Waals surface area (Å²) < 4.78 is 5.91. The highest BCUT2D eigenvalue weighted by Gasteiger charge is 2.23. The molecule has 0 fully saturated rings. The molecule has 1 N–H and O–H groups in total. The zero-order chi connectivity index (χ0) is 19.9. The van der Waals surface area contributed by atoms with Gasteiger partial charge in [-0.2, -0.15) is 0 Å². The number of rotatable bonds is 7. The molecule has 0 saturated heterocycles. The molecular weight excluding hydrogens is 362 g/mol. The smallest absolute Gasteiger partial charge is 0.247 e. The number of carbonyl (C=O) groups is 1. The summed E-state index contributed by atoms with van der Waals surface area (Å²) in [6, 6.07) is 28.7. The van der Waals surface area contributed by atoms with E-state index in [1.807, 2.05) is 91.0 Å². The lowest BCUT2D eigenvalue weighted by Crippen LogP contribution is -2.29. The van der Waals surface area contributed by atoms with Gasteiger partial charge < -0.3 is 9.73 Å². The number of carbonyl (C=O) groups excluding carboxylic acids is 1. The summed E-state index contributed by atoms with van der Waals surface area (Å²) in [7, 11) is 0. The molecule has 0 radical (unpaired) electrons. The van der Waals surface area contributed by atoms with Crippen LogP contribution in [0, 0.1) is 0 Å². The second-order valence-electron chi connectivity index (χ2n) is 6.71. The van der Waals surface area contributed by atoms with E-state index >= 15 is 0 Å². The standard InChI is InChI=1S/C24H21N3O2/c28-21(17-16-18-10-4-1-5-11-18)25-22(19-12-6-2-7-13-19)24-27-26-23(29-24)20-14-8-3-9-15-20/h1-15,22H,16-17H2,(H,25,28)/t22-/m0/s1. The van der Waals surface area contributed by atoms with Crippen molar-refractivity contribution < 1.29 is 9.21 Å². The first-order valence-electron chi connectivity index (χ1n) is 9.56. The van der Waals surface area contributed by atoms with Crippen LogP contribution in [0.5, 0.6) is 0 Å². The highest BCUT2D eigenvalue weighted by Crippen LogP contribution is 2.25. The van der Waals surface area contributed by atoms with Gasteiger partial charge in [0.15, 0.2) is 0 Å². The van der Waals surface area contributed by atoms with E-state index in [0.717, 1.165) is 16.7 Å². The van der Waals surface area contributed by atoms with Crippen molar-refractivity contribution in [1.82, 2.24) is 15.5 Å². The number of aryl methyl sites for hydroxylation is 1. The Labute approximate surface area is 169 Å². The van der Waals surface area contributed by atoms with Crippen molar-refractivity contribution in [3.8, 4) is 11.5 Å². The van der Waals surface area contributed by atoms with E-state index < -0.39 is 6.04 Å². The molecule has 3 aromatic carbocycles. The van der Waals surface area contributed by atoms with Crippen LogP contribution in [0.15, 0.2) is 95.4 Å². The molecule has 1 amide bonds. The summed E-state index contributed by atoms with van der Waals surface area (Å²) >= 11 is 0. The van der Waals surface area contributed by atoms with Gasteiger partial charge in [0.1, 0.15) is 6.04 Å². The van der Waals surface area contributed by atoms with Gasteiger partial charge in [-0.1, -0.05) is 78.9 Å². The molecule has 0 aliphatic rings. The molecule has 5 heteroatoms. The number of aromatic nitrogens is 2. The average Bonchev–Trinajstić information content (AvgIpc) is 3.28. The molecule has 0 unspecified atom stereocenters. The zero-order valence-electron chi connectivity index (χ0n) is 15.9. The van der Waals surface area contributed by atoms with E-state index in [9.17, 15) is 4.79 Å². The normalized spacial score (nSPS) is 11.7. The van der Waals surface area contributed by atoms with Gasteiger partial charge in [-0.3, -0.25) is 4.79 Å². The second kappa shape index (κ2) is 8.97. The van der Waals surface area contributed by atoms with Gasteiger partial charge in [0, 0.05) is 12.0 Å². The molecule has 0 bridgehead atoms. The summed E-state index contributed by atoms with van der Waals surface area (Å²) in [4.78, 5) is 12.6. The summed E-state index contributed by atoms with van der Waals surface area (Å²) in [6.45, 7) is 0. The number of benzene rings is 3. The molecule has 1 heterocycles. The van der Waals surface area contributed by atoms with Crippen LogP contribution in [-0.4, -0.2) is 16.1 Å².